The van der Waals surface area contributed by atoms with Gasteiger partial charge in [0.05, 0.1) is 0 Å². The minimum absolute atomic E-state index is 0.181. The van der Waals surface area contributed by atoms with Gasteiger partial charge in [-0.3, -0.25) is 14.5 Å². The number of amides is 2. The highest BCUT2D eigenvalue weighted by atomic mass is 16.2. The molecule has 1 atom stereocenters. The van der Waals surface area contributed by atoms with Crippen LogP contribution in [0, 0.1) is 0 Å². The number of nitrogens with zero attached hydrogens (tertiary/aromatic N) is 3. The molecule has 0 radical (unpaired) electrons. The largest absolute Gasteiger partial charge is 0.381 e. The number of piperazine rings is 1. The number of hydrogen-bond donors (Lipinski definition) is 2. The molecule has 0 aromatic heterocycles. The topological polar surface area (TPSA) is 102 Å². The van der Waals surface area contributed by atoms with Gasteiger partial charge in [-0.15, -0.1) is 0 Å². The zero-order valence-electron chi connectivity index (χ0n) is 22.7. The number of carbonyl (C=O) groups is 4. The van der Waals surface area contributed by atoms with E-state index < -0.39 is 6.04 Å². The maximum atomic E-state index is 13.1. The van der Waals surface area contributed by atoms with Gasteiger partial charge in [0.15, 0.2) is 0 Å². The molecule has 2 aromatic carbocycles. The Balaban J connectivity index is 1.31. The summed E-state index contributed by atoms with van der Waals surface area (Å²) in [6, 6.07) is 13.6. The summed E-state index contributed by atoms with van der Waals surface area (Å²) in [5.41, 5.74) is 4.78. The van der Waals surface area contributed by atoms with Gasteiger partial charge in [0.2, 0.25) is 5.91 Å². The summed E-state index contributed by atoms with van der Waals surface area (Å²) in [4.78, 5) is 53.5. The number of aldehydes is 2. The van der Waals surface area contributed by atoms with E-state index in [0.29, 0.717) is 31.5 Å². The Hall–Kier alpha value is -3.56. The van der Waals surface area contributed by atoms with Crippen molar-refractivity contribution in [1.29, 1.82) is 0 Å². The molecule has 0 aliphatic carbocycles. The third kappa shape index (κ3) is 7.30. The number of benzene rings is 2. The lowest BCUT2D eigenvalue weighted by molar-refractivity contribution is -0.125. The zero-order valence-corrected chi connectivity index (χ0v) is 22.7. The molecule has 2 N–H and O–H groups in total. The van der Waals surface area contributed by atoms with E-state index in [4.69, 9.17) is 0 Å². The predicted molar refractivity (Wildman–Crippen MR) is 150 cm³/mol. The van der Waals surface area contributed by atoms with E-state index in [1.54, 1.807) is 18.0 Å². The van der Waals surface area contributed by atoms with Crippen LogP contribution in [-0.2, 0) is 34.0 Å². The molecule has 9 heteroatoms. The van der Waals surface area contributed by atoms with E-state index >= 15 is 0 Å². The predicted octanol–water partition coefficient (Wildman–Crippen LogP) is 2.44. The van der Waals surface area contributed by atoms with Crippen LogP contribution in [0.5, 0.6) is 0 Å². The first kappa shape index (κ1) is 28.4. The molecular weight excluding hydrogens is 494 g/mol. The number of nitrogens with one attached hydrogen (secondary N) is 2. The normalized spacial score (nSPS) is 16.5. The number of carbonyl (C=O) groups excluding carboxylic acids is 4. The van der Waals surface area contributed by atoms with Crippen LogP contribution in [0.2, 0.25) is 0 Å². The lowest BCUT2D eigenvalue weighted by Crippen LogP contribution is -2.46. The van der Waals surface area contributed by atoms with Gasteiger partial charge in [0, 0.05) is 82.5 Å². The molecule has 39 heavy (non-hydrogen) atoms. The van der Waals surface area contributed by atoms with Crippen molar-refractivity contribution in [1.82, 2.24) is 20.0 Å². The van der Waals surface area contributed by atoms with Crippen LogP contribution in [-0.4, -0.2) is 84.9 Å². The number of anilines is 1. The fraction of sp³-hybridized carbons (Fsp3) is 0.467. The van der Waals surface area contributed by atoms with Crippen molar-refractivity contribution in [3.63, 3.8) is 0 Å². The summed E-state index contributed by atoms with van der Waals surface area (Å²) < 4.78 is 0. The maximum absolute atomic E-state index is 13.1. The summed E-state index contributed by atoms with van der Waals surface area (Å²) in [7, 11) is 1.54. The van der Waals surface area contributed by atoms with Crippen LogP contribution in [0.3, 0.4) is 0 Å². The van der Waals surface area contributed by atoms with Gasteiger partial charge in [-0.25, -0.2) is 0 Å². The summed E-state index contributed by atoms with van der Waals surface area (Å²) in [6.45, 7) is 7.04. The number of unbranched alkanes of at least 4 members (excludes halogenated alkanes) is 1. The first-order valence-corrected chi connectivity index (χ1v) is 13.8. The van der Waals surface area contributed by atoms with E-state index in [-0.39, 0.29) is 18.2 Å². The van der Waals surface area contributed by atoms with Crippen molar-refractivity contribution in [3.05, 3.63) is 64.7 Å². The van der Waals surface area contributed by atoms with Crippen LogP contribution in [0.1, 0.15) is 52.7 Å². The summed E-state index contributed by atoms with van der Waals surface area (Å²) in [6.07, 6.45) is 3.89. The zero-order chi connectivity index (χ0) is 27.6. The highest BCUT2D eigenvalue weighted by Crippen LogP contribution is 2.32. The van der Waals surface area contributed by atoms with Gasteiger partial charge in [0.25, 0.3) is 5.91 Å². The van der Waals surface area contributed by atoms with Crippen molar-refractivity contribution in [3.8, 4) is 0 Å². The van der Waals surface area contributed by atoms with Crippen LogP contribution < -0.4 is 10.6 Å². The average molecular weight is 534 g/mol. The molecule has 4 rings (SSSR count). The molecule has 2 aliphatic heterocycles. The molecule has 2 heterocycles. The van der Waals surface area contributed by atoms with Gasteiger partial charge >= 0.3 is 0 Å². The molecule has 9 nitrogen and oxygen atoms in total. The third-order valence-corrected chi connectivity index (χ3v) is 7.65. The lowest BCUT2D eigenvalue weighted by Gasteiger charge is -2.34. The van der Waals surface area contributed by atoms with Crippen molar-refractivity contribution >= 4 is 30.1 Å². The van der Waals surface area contributed by atoms with Crippen LogP contribution in [0.15, 0.2) is 42.5 Å². The molecule has 208 valence electrons. The lowest BCUT2D eigenvalue weighted by atomic mass is 10.1. The summed E-state index contributed by atoms with van der Waals surface area (Å²) in [5, 5.41) is 6.10. The second-order valence-electron chi connectivity index (χ2n) is 10.2. The third-order valence-electron chi connectivity index (χ3n) is 7.65. The smallest absolute Gasteiger partial charge is 0.255 e. The number of rotatable bonds is 14. The van der Waals surface area contributed by atoms with Gasteiger partial charge < -0.3 is 30.0 Å². The molecule has 0 saturated carbocycles. The van der Waals surface area contributed by atoms with Gasteiger partial charge in [-0.1, -0.05) is 30.3 Å². The minimum atomic E-state index is -0.675. The maximum Gasteiger partial charge on any atom is 0.255 e. The molecule has 0 bridgehead atoms. The van der Waals surface area contributed by atoms with Gasteiger partial charge in [-0.2, -0.15) is 0 Å². The molecular formula is C30H39N5O4. The van der Waals surface area contributed by atoms with E-state index in [1.165, 1.54) is 5.56 Å². The van der Waals surface area contributed by atoms with E-state index in [9.17, 15) is 19.2 Å². The number of fused-ring (bicyclic) bond motifs is 1. The molecule has 0 spiro atoms. The number of hydrogen-bond acceptors (Lipinski definition) is 7. The Labute approximate surface area is 230 Å². The molecule has 2 amide bonds. The SMILES string of the molecule is CNC(=O)C(CCC=O)N1Cc2c(NCc3ccc(CN4CCN(CCCC=O)CC4)cc3)cccc2C1=O. The van der Waals surface area contributed by atoms with Crippen molar-refractivity contribution in [2.75, 3.05) is 45.1 Å². The standard InChI is InChI=1S/C30H39N5O4/c1-31-29(38)28(8-5-19-37)35-22-26-25(30(35)39)6-4-7-27(26)32-20-23-9-11-24(12-10-23)21-34-16-14-33(15-17-34)13-2-3-18-36/h4,6-7,9-12,18-19,28,32H,2-3,5,8,13-17,20-22H2,1H3,(H,31,38). The minimum Gasteiger partial charge on any atom is -0.381 e. The second-order valence-corrected chi connectivity index (χ2v) is 10.2. The Morgan fingerprint density at radius 3 is 2.33 bits per heavy atom. The molecule has 2 aliphatic rings. The number of likely N-dealkylation sites (N-methyl/N-ethyl adjacent to an activating group) is 1. The van der Waals surface area contributed by atoms with E-state index in [1.807, 2.05) is 12.1 Å². The molecule has 1 unspecified atom stereocenters. The fourth-order valence-electron chi connectivity index (χ4n) is 5.38. The highest BCUT2D eigenvalue weighted by Gasteiger charge is 2.36. The first-order chi connectivity index (χ1) is 19.0. The van der Waals surface area contributed by atoms with Crippen molar-refractivity contribution < 1.29 is 19.2 Å². The second kappa shape index (κ2) is 14.0. The fourth-order valence-corrected chi connectivity index (χ4v) is 5.38. The van der Waals surface area contributed by atoms with Crippen LogP contribution in [0.25, 0.3) is 0 Å². The summed E-state index contributed by atoms with van der Waals surface area (Å²) >= 11 is 0. The molecule has 1 saturated heterocycles. The van der Waals surface area contributed by atoms with Crippen molar-refractivity contribution in [2.24, 2.45) is 0 Å². The van der Waals surface area contributed by atoms with Crippen molar-refractivity contribution in [2.45, 2.75) is 51.4 Å². The van der Waals surface area contributed by atoms with E-state index in [0.717, 1.165) is 75.1 Å². The Kier molecular flexibility index (Phi) is 10.2. The van der Waals surface area contributed by atoms with Gasteiger partial charge in [-0.05, 0) is 42.6 Å². The van der Waals surface area contributed by atoms with Crippen LogP contribution in [0.4, 0.5) is 5.69 Å². The van der Waals surface area contributed by atoms with Crippen LogP contribution >= 0.6 is 0 Å². The Morgan fingerprint density at radius 2 is 1.64 bits per heavy atom. The quantitative estimate of drug-likeness (QED) is 0.284. The van der Waals surface area contributed by atoms with Gasteiger partial charge in [0.1, 0.15) is 18.6 Å². The molecule has 2 aromatic rings. The monoisotopic (exact) mass is 533 g/mol. The van der Waals surface area contributed by atoms with E-state index in [2.05, 4.69) is 44.7 Å². The average Bonchev–Trinajstić information content (AvgIpc) is 3.30. The summed E-state index contributed by atoms with van der Waals surface area (Å²) in [5.74, 6) is -0.441. The Bertz CT molecular complexity index is 1140. The highest BCUT2D eigenvalue weighted by molar-refractivity contribution is 6.02. The Morgan fingerprint density at radius 1 is 0.949 bits per heavy atom. The first-order valence-electron chi connectivity index (χ1n) is 13.8. The molecule has 1 fully saturated rings.